The van der Waals surface area contributed by atoms with Crippen molar-refractivity contribution in [3.05, 3.63) is 44.1 Å². The topological polar surface area (TPSA) is 114 Å². The van der Waals surface area contributed by atoms with Gasteiger partial charge in [0, 0.05) is 20.2 Å². The molecule has 0 aliphatic rings. The van der Waals surface area contributed by atoms with Gasteiger partial charge in [0.25, 0.3) is 0 Å². The van der Waals surface area contributed by atoms with Gasteiger partial charge in [-0.15, -0.1) is 0 Å². The lowest BCUT2D eigenvalue weighted by molar-refractivity contribution is -0.131. The number of aliphatic carboxylic acids is 1. The normalized spacial score (nSPS) is 8.88. The van der Waals surface area contributed by atoms with E-state index in [1.165, 1.54) is 14.1 Å². The monoisotopic (exact) mass is 229 g/mol. The van der Waals surface area contributed by atoms with Crippen LogP contribution in [-0.4, -0.2) is 25.2 Å². The van der Waals surface area contributed by atoms with Gasteiger partial charge in [0.1, 0.15) is 0 Å². The van der Waals surface area contributed by atoms with E-state index in [1.54, 1.807) is 0 Å². The number of rotatable bonds is 1. The Morgan fingerprint density at radius 2 is 1.56 bits per heavy atom. The molecule has 1 aromatic heterocycles. The van der Waals surface area contributed by atoms with Crippen molar-refractivity contribution < 1.29 is 9.90 Å². The molecule has 0 radical (unpaired) electrons. The van der Waals surface area contributed by atoms with E-state index in [0.29, 0.717) is 0 Å². The number of hydrogen-bond acceptors (Lipinski definition) is 4. The maximum atomic E-state index is 10.9. The van der Waals surface area contributed by atoms with Gasteiger partial charge < -0.3 is 5.11 Å². The number of carbonyl (C=O) groups is 1. The fourth-order valence-corrected chi connectivity index (χ4v) is 0.658. The van der Waals surface area contributed by atoms with Gasteiger partial charge in [0.05, 0.1) is 0 Å². The fraction of sp³-hybridized carbons (Fsp3) is 0.250. The molecule has 0 unspecified atom stereocenters. The smallest absolute Gasteiger partial charge is 0.335 e. The lowest BCUT2D eigenvalue weighted by Crippen LogP contribution is -2.46. The first-order valence-electron chi connectivity index (χ1n) is 4.03. The molecule has 0 aromatic carbocycles. The van der Waals surface area contributed by atoms with Crippen LogP contribution in [0, 0.1) is 0 Å². The van der Waals surface area contributed by atoms with Crippen molar-refractivity contribution in [1.29, 1.82) is 0 Å². The van der Waals surface area contributed by atoms with E-state index < -0.39 is 23.0 Å². The van der Waals surface area contributed by atoms with E-state index >= 15 is 0 Å². The number of carboxylic acids is 1. The summed E-state index contributed by atoms with van der Waals surface area (Å²) in [6.07, 6.45) is 0.833. The summed E-state index contributed by atoms with van der Waals surface area (Å²) in [7, 11) is 2.58. The molecular formula is C8H11N3O5. The van der Waals surface area contributed by atoms with Gasteiger partial charge in [-0.3, -0.25) is 4.98 Å². The van der Waals surface area contributed by atoms with Crippen LogP contribution in [0.15, 0.2) is 27.0 Å². The maximum absolute atomic E-state index is 10.9. The van der Waals surface area contributed by atoms with Crippen molar-refractivity contribution in [3.63, 3.8) is 0 Å². The second-order valence-corrected chi connectivity index (χ2v) is 2.68. The lowest BCUT2D eigenvalue weighted by Gasteiger charge is -1.96. The van der Waals surface area contributed by atoms with E-state index in [9.17, 15) is 19.2 Å². The molecule has 8 heteroatoms. The van der Waals surface area contributed by atoms with Gasteiger partial charge >= 0.3 is 23.0 Å². The van der Waals surface area contributed by atoms with Crippen LogP contribution in [0.1, 0.15) is 0 Å². The minimum absolute atomic E-state index is 0.626. The average Bonchev–Trinajstić information content (AvgIpc) is 2.24. The van der Waals surface area contributed by atoms with Crippen LogP contribution in [0.3, 0.4) is 0 Å². The highest BCUT2D eigenvalue weighted by Crippen LogP contribution is 1.54. The molecule has 8 nitrogen and oxygen atoms in total. The van der Waals surface area contributed by atoms with Gasteiger partial charge in [-0.2, -0.15) is 0 Å². The minimum Gasteiger partial charge on any atom is -0.478 e. The van der Waals surface area contributed by atoms with Crippen molar-refractivity contribution in [2.75, 3.05) is 0 Å². The third-order valence-electron chi connectivity index (χ3n) is 1.57. The molecular weight excluding hydrogens is 218 g/mol. The summed E-state index contributed by atoms with van der Waals surface area (Å²) in [5.74, 6) is -0.981. The first kappa shape index (κ1) is 13.6. The summed E-state index contributed by atoms with van der Waals surface area (Å²) in [6, 6.07) is 0. The number of carboxylic acid groups (broad SMARTS) is 1. The number of aromatic nitrogens is 3. The molecule has 0 spiro atoms. The summed E-state index contributed by atoms with van der Waals surface area (Å²) < 4.78 is 1.64. The Hall–Kier alpha value is -2.38. The number of nitrogens with one attached hydrogen (secondary N) is 1. The Balaban J connectivity index is 0.000000385. The summed E-state index contributed by atoms with van der Waals surface area (Å²) >= 11 is 0. The molecule has 1 aromatic rings. The van der Waals surface area contributed by atoms with Crippen LogP contribution < -0.4 is 17.1 Å². The molecule has 0 aliphatic heterocycles. The third-order valence-corrected chi connectivity index (χ3v) is 1.57. The van der Waals surface area contributed by atoms with Gasteiger partial charge in [-0.1, -0.05) is 6.58 Å². The van der Waals surface area contributed by atoms with Crippen LogP contribution in [0.4, 0.5) is 0 Å². The number of hydrogen-bond donors (Lipinski definition) is 2. The van der Waals surface area contributed by atoms with Gasteiger partial charge in [-0.25, -0.2) is 28.3 Å². The quantitative estimate of drug-likeness (QED) is 0.542. The van der Waals surface area contributed by atoms with Crippen LogP contribution in [0.5, 0.6) is 0 Å². The highest BCUT2D eigenvalue weighted by Gasteiger charge is 1.99. The maximum Gasteiger partial charge on any atom is 0.335 e. The van der Waals surface area contributed by atoms with E-state index in [0.717, 1.165) is 15.2 Å². The summed E-state index contributed by atoms with van der Waals surface area (Å²) in [4.78, 5) is 43.5. The van der Waals surface area contributed by atoms with Crippen LogP contribution in [0.25, 0.3) is 0 Å². The van der Waals surface area contributed by atoms with Crippen molar-refractivity contribution in [3.8, 4) is 0 Å². The molecule has 1 rings (SSSR count). The second kappa shape index (κ2) is 5.49. The Kier molecular flexibility index (Phi) is 4.67. The van der Waals surface area contributed by atoms with E-state index in [1.807, 2.05) is 4.98 Å². The van der Waals surface area contributed by atoms with E-state index in [4.69, 9.17) is 5.11 Å². The molecule has 0 saturated heterocycles. The largest absolute Gasteiger partial charge is 0.478 e. The second-order valence-electron chi connectivity index (χ2n) is 2.68. The van der Waals surface area contributed by atoms with Gasteiger partial charge in [0.15, 0.2) is 0 Å². The summed E-state index contributed by atoms with van der Waals surface area (Å²) in [5.41, 5.74) is -2.02. The molecule has 0 aliphatic carbocycles. The Labute approximate surface area is 89.1 Å². The van der Waals surface area contributed by atoms with Crippen molar-refractivity contribution in [2.24, 2.45) is 14.1 Å². The summed E-state index contributed by atoms with van der Waals surface area (Å²) in [5, 5.41) is 7.60. The van der Waals surface area contributed by atoms with E-state index in [-0.39, 0.29) is 0 Å². The molecule has 88 valence electrons. The van der Waals surface area contributed by atoms with Gasteiger partial charge in [-0.05, 0) is 0 Å². The SMILES string of the molecule is C=CC(=O)O.Cn1c(=O)[nH]c(=O)n(C)c1=O. The van der Waals surface area contributed by atoms with Crippen molar-refractivity contribution >= 4 is 5.97 Å². The minimum atomic E-state index is -0.981. The zero-order chi connectivity index (χ0) is 12.9. The first-order chi connectivity index (χ1) is 7.31. The first-order valence-corrected chi connectivity index (χ1v) is 4.03. The lowest BCUT2D eigenvalue weighted by atomic mass is 10.7. The molecule has 0 bridgehead atoms. The Morgan fingerprint density at radius 1 is 1.25 bits per heavy atom. The third kappa shape index (κ3) is 3.40. The predicted molar refractivity (Wildman–Crippen MR) is 55.4 cm³/mol. The van der Waals surface area contributed by atoms with Gasteiger partial charge in [0.2, 0.25) is 0 Å². The Morgan fingerprint density at radius 3 is 1.81 bits per heavy atom. The van der Waals surface area contributed by atoms with Crippen LogP contribution in [0.2, 0.25) is 0 Å². The molecule has 0 fully saturated rings. The molecule has 2 N–H and O–H groups in total. The van der Waals surface area contributed by atoms with E-state index in [2.05, 4.69) is 6.58 Å². The Bertz CT molecular complexity index is 525. The predicted octanol–water partition coefficient (Wildman–Crippen LogP) is -1.97. The molecule has 16 heavy (non-hydrogen) atoms. The van der Waals surface area contributed by atoms with Crippen molar-refractivity contribution in [2.45, 2.75) is 0 Å². The van der Waals surface area contributed by atoms with Crippen molar-refractivity contribution in [1.82, 2.24) is 14.1 Å². The molecule has 0 atom stereocenters. The van der Waals surface area contributed by atoms with Crippen LogP contribution in [-0.2, 0) is 18.9 Å². The zero-order valence-electron chi connectivity index (χ0n) is 8.76. The number of aromatic amines is 1. The summed E-state index contributed by atoms with van der Waals surface area (Å²) in [6.45, 7) is 2.96. The zero-order valence-corrected chi connectivity index (χ0v) is 8.76. The average molecular weight is 229 g/mol. The highest BCUT2D eigenvalue weighted by molar-refractivity contribution is 5.78. The van der Waals surface area contributed by atoms with Crippen LogP contribution >= 0.6 is 0 Å². The molecule has 1 heterocycles. The highest BCUT2D eigenvalue weighted by atomic mass is 16.4. The fourth-order valence-electron chi connectivity index (χ4n) is 0.658. The molecule has 0 saturated carbocycles. The number of H-pyrrole nitrogens is 1. The number of nitrogens with zero attached hydrogens (tertiary/aromatic N) is 2. The standard InChI is InChI=1S/C5H7N3O3.C3H4O2/c1-7-3(9)6-4(10)8(2)5(7)11;1-2-3(4)5/h1-2H3,(H,6,9,10);2H,1H2,(H,4,5). The molecule has 0 amide bonds.